The number of rotatable bonds is 10. The molecule has 2 aromatic carbocycles. The lowest BCUT2D eigenvalue weighted by molar-refractivity contribution is 0.0757. The molecule has 0 spiro atoms. The highest BCUT2D eigenvalue weighted by atomic mass is 32.2. The second-order valence-corrected chi connectivity index (χ2v) is 8.84. The van der Waals surface area contributed by atoms with Crippen molar-refractivity contribution >= 4 is 21.6 Å². The first-order valence-corrected chi connectivity index (χ1v) is 11.2. The van der Waals surface area contributed by atoms with Crippen molar-refractivity contribution in [2.45, 2.75) is 32.9 Å². The predicted octanol–water partition coefficient (Wildman–Crippen LogP) is 3.34. The van der Waals surface area contributed by atoms with Crippen LogP contribution in [0.1, 0.15) is 36.2 Å². The normalized spacial score (nSPS) is 11.5. The Labute approximate surface area is 171 Å². The standard InChI is InChI=1S/C21H27FN2O4S/c1-16(2)28-14-6-13-23-21(25)17-9-11-19(12-10-17)24(29(3,26)27)15-18-7-4-5-8-20(18)22/h4-5,7-12,16H,6,13-15H2,1-3H3,(H,23,25). The van der Waals surface area contributed by atoms with Gasteiger partial charge in [-0.3, -0.25) is 9.10 Å². The Morgan fingerprint density at radius 3 is 2.38 bits per heavy atom. The van der Waals surface area contributed by atoms with Gasteiger partial charge in [-0.25, -0.2) is 12.8 Å². The van der Waals surface area contributed by atoms with E-state index in [-0.39, 0.29) is 24.1 Å². The number of benzene rings is 2. The molecule has 0 aliphatic carbocycles. The van der Waals surface area contributed by atoms with E-state index in [0.717, 1.165) is 10.6 Å². The highest BCUT2D eigenvalue weighted by molar-refractivity contribution is 7.92. The van der Waals surface area contributed by atoms with Gasteiger partial charge < -0.3 is 10.1 Å². The second kappa shape index (κ2) is 10.4. The summed E-state index contributed by atoms with van der Waals surface area (Å²) in [7, 11) is -3.64. The van der Waals surface area contributed by atoms with Gasteiger partial charge in [0.25, 0.3) is 5.91 Å². The van der Waals surface area contributed by atoms with E-state index in [9.17, 15) is 17.6 Å². The molecule has 1 N–H and O–H groups in total. The van der Waals surface area contributed by atoms with Gasteiger partial charge in [-0.2, -0.15) is 0 Å². The zero-order valence-corrected chi connectivity index (χ0v) is 17.7. The van der Waals surface area contributed by atoms with Crippen molar-refractivity contribution in [2.24, 2.45) is 0 Å². The van der Waals surface area contributed by atoms with E-state index in [4.69, 9.17) is 4.74 Å². The van der Waals surface area contributed by atoms with Crippen molar-refractivity contribution in [3.63, 3.8) is 0 Å². The molecule has 6 nitrogen and oxygen atoms in total. The zero-order valence-electron chi connectivity index (χ0n) is 16.9. The van der Waals surface area contributed by atoms with E-state index in [1.54, 1.807) is 42.5 Å². The molecular formula is C21H27FN2O4S. The number of anilines is 1. The lowest BCUT2D eigenvalue weighted by Crippen LogP contribution is -2.30. The van der Waals surface area contributed by atoms with Gasteiger partial charge in [0.05, 0.1) is 24.6 Å². The lowest BCUT2D eigenvalue weighted by atomic mass is 10.1. The molecule has 158 valence electrons. The van der Waals surface area contributed by atoms with Crippen LogP contribution in [0.4, 0.5) is 10.1 Å². The molecule has 0 unspecified atom stereocenters. The maximum Gasteiger partial charge on any atom is 0.251 e. The first-order chi connectivity index (χ1) is 13.7. The van der Waals surface area contributed by atoms with Crippen molar-refractivity contribution < 1.29 is 22.3 Å². The largest absolute Gasteiger partial charge is 0.379 e. The highest BCUT2D eigenvalue weighted by Crippen LogP contribution is 2.22. The fourth-order valence-electron chi connectivity index (χ4n) is 2.66. The van der Waals surface area contributed by atoms with Crippen LogP contribution in [-0.4, -0.2) is 39.8 Å². The molecule has 0 aliphatic rings. The highest BCUT2D eigenvalue weighted by Gasteiger charge is 2.19. The number of nitrogens with zero attached hydrogens (tertiary/aromatic N) is 1. The third-order valence-corrected chi connectivity index (χ3v) is 5.29. The van der Waals surface area contributed by atoms with Crippen molar-refractivity contribution in [2.75, 3.05) is 23.7 Å². The molecule has 0 bridgehead atoms. The Hall–Kier alpha value is -2.45. The molecule has 0 aromatic heterocycles. The zero-order chi connectivity index (χ0) is 21.4. The summed E-state index contributed by atoms with van der Waals surface area (Å²) in [6.07, 6.45) is 1.92. The SMILES string of the molecule is CC(C)OCCCNC(=O)c1ccc(N(Cc2ccccc2F)S(C)(=O)=O)cc1. The van der Waals surface area contributed by atoms with E-state index < -0.39 is 15.8 Å². The third kappa shape index (κ3) is 7.14. The summed E-state index contributed by atoms with van der Waals surface area (Å²) < 4.78 is 44.9. The molecular weight excluding hydrogens is 395 g/mol. The van der Waals surface area contributed by atoms with Crippen LogP contribution in [0.3, 0.4) is 0 Å². The van der Waals surface area contributed by atoms with Crippen molar-refractivity contribution in [1.29, 1.82) is 0 Å². The van der Waals surface area contributed by atoms with Gasteiger partial charge in [0.2, 0.25) is 10.0 Å². The molecule has 0 saturated heterocycles. The minimum atomic E-state index is -3.64. The van der Waals surface area contributed by atoms with Gasteiger partial charge in [0, 0.05) is 24.3 Å². The number of hydrogen-bond acceptors (Lipinski definition) is 4. The molecule has 8 heteroatoms. The van der Waals surface area contributed by atoms with E-state index in [1.165, 1.54) is 6.07 Å². The first-order valence-electron chi connectivity index (χ1n) is 9.39. The molecule has 29 heavy (non-hydrogen) atoms. The number of hydrogen-bond donors (Lipinski definition) is 1. The second-order valence-electron chi connectivity index (χ2n) is 6.94. The Morgan fingerprint density at radius 1 is 1.14 bits per heavy atom. The summed E-state index contributed by atoms with van der Waals surface area (Å²) in [6.45, 7) is 4.82. The number of carbonyl (C=O) groups is 1. The molecule has 0 fully saturated rings. The minimum absolute atomic E-state index is 0.132. The average molecular weight is 423 g/mol. The van der Waals surface area contributed by atoms with E-state index >= 15 is 0 Å². The van der Waals surface area contributed by atoms with Crippen molar-refractivity contribution in [3.05, 3.63) is 65.5 Å². The van der Waals surface area contributed by atoms with Gasteiger partial charge in [-0.05, 0) is 50.6 Å². The summed E-state index contributed by atoms with van der Waals surface area (Å²) in [5, 5.41) is 2.80. The first kappa shape index (κ1) is 22.8. The summed E-state index contributed by atoms with van der Waals surface area (Å²) in [5.41, 5.74) is 1.04. The molecule has 0 heterocycles. The monoisotopic (exact) mass is 422 g/mol. The smallest absolute Gasteiger partial charge is 0.251 e. The van der Waals surface area contributed by atoms with Crippen LogP contribution in [0.25, 0.3) is 0 Å². The lowest BCUT2D eigenvalue weighted by Gasteiger charge is -2.23. The van der Waals surface area contributed by atoms with Crippen LogP contribution in [-0.2, 0) is 21.3 Å². The van der Waals surface area contributed by atoms with Gasteiger partial charge in [0.1, 0.15) is 5.82 Å². The fraction of sp³-hybridized carbons (Fsp3) is 0.381. The third-order valence-electron chi connectivity index (χ3n) is 4.15. The van der Waals surface area contributed by atoms with Crippen molar-refractivity contribution in [3.8, 4) is 0 Å². The van der Waals surface area contributed by atoms with E-state index in [2.05, 4.69) is 5.32 Å². The average Bonchev–Trinajstić information content (AvgIpc) is 2.66. The van der Waals surface area contributed by atoms with Crippen LogP contribution >= 0.6 is 0 Å². The maximum atomic E-state index is 14.0. The minimum Gasteiger partial charge on any atom is -0.379 e. The molecule has 0 saturated carbocycles. The quantitative estimate of drug-likeness (QED) is 0.596. The van der Waals surface area contributed by atoms with E-state index in [0.29, 0.717) is 30.8 Å². The van der Waals surface area contributed by atoms with Gasteiger partial charge in [-0.1, -0.05) is 18.2 Å². The molecule has 2 rings (SSSR count). The number of nitrogens with one attached hydrogen (secondary N) is 1. The number of sulfonamides is 1. The molecule has 2 aromatic rings. The Balaban J connectivity index is 2.05. The molecule has 0 atom stereocenters. The summed E-state index contributed by atoms with van der Waals surface area (Å²) in [6, 6.07) is 12.2. The Bertz CT molecular complexity index is 915. The maximum absolute atomic E-state index is 14.0. The van der Waals surface area contributed by atoms with Crippen LogP contribution in [0.5, 0.6) is 0 Å². The van der Waals surface area contributed by atoms with Crippen LogP contribution < -0.4 is 9.62 Å². The summed E-state index contributed by atoms with van der Waals surface area (Å²) in [5.74, 6) is -0.722. The number of carbonyl (C=O) groups excluding carboxylic acids is 1. The summed E-state index contributed by atoms with van der Waals surface area (Å²) >= 11 is 0. The van der Waals surface area contributed by atoms with Gasteiger partial charge in [0.15, 0.2) is 0 Å². The van der Waals surface area contributed by atoms with Gasteiger partial charge >= 0.3 is 0 Å². The number of amides is 1. The van der Waals surface area contributed by atoms with Crippen molar-refractivity contribution in [1.82, 2.24) is 5.32 Å². The van der Waals surface area contributed by atoms with E-state index in [1.807, 2.05) is 13.8 Å². The summed E-state index contributed by atoms with van der Waals surface area (Å²) in [4.78, 5) is 12.2. The Morgan fingerprint density at radius 2 is 1.79 bits per heavy atom. The van der Waals surface area contributed by atoms with Crippen LogP contribution in [0.15, 0.2) is 48.5 Å². The number of ether oxygens (including phenoxy) is 1. The molecule has 0 radical (unpaired) electrons. The predicted molar refractivity (Wildman–Crippen MR) is 112 cm³/mol. The number of halogens is 1. The van der Waals surface area contributed by atoms with Crippen LogP contribution in [0.2, 0.25) is 0 Å². The topological polar surface area (TPSA) is 75.7 Å². The fourth-order valence-corrected chi connectivity index (χ4v) is 3.53. The Kier molecular flexibility index (Phi) is 8.16. The van der Waals surface area contributed by atoms with Crippen LogP contribution in [0, 0.1) is 5.82 Å². The molecule has 0 aliphatic heterocycles. The van der Waals surface area contributed by atoms with Gasteiger partial charge in [-0.15, -0.1) is 0 Å². The molecule has 1 amide bonds.